The fraction of sp³-hybridized carbons (Fsp3) is 0.333. The highest BCUT2D eigenvalue weighted by Crippen LogP contribution is 2.45. The standard InChI is InChI=1S/C24H25ClN4O3/c1-27-8-10-28(11-9-27)24(30)22-19-12-15-13-20(31-2)21(32-3)14-18(15)23(19)29(26-22)17-6-4-16(25)5-7-17/h4-7,13-14H,8-12H2,1-3H3. The van der Waals surface area contributed by atoms with Crippen LogP contribution in [0.4, 0.5) is 0 Å². The first-order valence-electron chi connectivity index (χ1n) is 10.6. The number of ether oxygens (including phenoxy) is 2. The van der Waals surface area contributed by atoms with Crippen molar-refractivity contribution in [1.29, 1.82) is 0 Å². The second kappa shape index (κ2) is 8.15. The van der Waals surface area contributed by atoms with Gasteiger partial charge in [-0.25, -0.2) is 4.68 Å². The van der Waals surface area contributed by atoms with E-state index in [1.165, 1.54) is 0 Å². The molecule has 1 amide bonds. The third-order valence-electron chi connectivity index (χ3n) is 6.28. The van der Waals surface area contributed by atoms with Crippen molar-refractivity contribution in [3.63, 3.8) is 0 Å². The smallest absolute Gasteiger partial charge is 0.274 e. The number of hydrogen-bond donors (Lipinski definition) is 0. The van der Waals surface area contributed by atoms with Gasteiger partial charge in [0, 0.05) is 48.7 Å². The van der Waals surface area contributed by atoms with Gasteiger partial charge in [-0.15, -0.1) is 0 Å². The van der Waals surface area contributed by atoms with Gasteiger partial charge in [-0.1, -0.05) is 11.6 Å². The molecule has 3 aromatic rings. The normalized spacial score (nSPS) is 15.4. The van der Waals surface area contributed by atoms with Crippen LogP contribution in [0.5, 0.6) is 11.5 Å². The van der Waals surface area contributed by atoms with Crippen molar-refractivity contribution in [1.82, 2.24) is 19.6 Å². The summed E-state index contributed by atoms with van der Waals surface area (Å²) in [6.45, 7) is 3.12. The van der Waals surface area contributed by atoms with Gasteiger partial charge in [0.15, 0.2) is 17.2 Å². The van der Waals surface area contributed by atoms with E-state index in [4.69, 9.17) is 26.2 Å². The molecule has 1 aromatic heterocycles. The molecule has 0 unspecified atom stereocenters. The van der Waals surface area contributed by atoms with Crippen molar-refractivity contribution in [2.75, 3.05) is 47.4 Å². The van der Waals surface area contributed by atoms with Gasteiger partial charge in [0.25, 0.3) is 5.91 Å². The lowest BCUT2D eigenvalue weighted by Crippen LogP contribution is -2.47. The average Bonchev–Trinajstić information content (AvgIpc) is 3.35. The Bertz CT molecular complexity index is 1180. The molecule has 8 heteroatoms. The van der Waals surface area contributed by atoms with Crippen LogP contribution in [0, 0.1) is 0 Å². The van der Waals surface area contributed by atoms with Crippen molar-refractivity contribution in [2.24, 2.45) is 0 Å². The molecular formula is C24H25ClN4O3. The number of carbonyl (C=O) groups excluding carboxylic acids is 1. The summed E-state index contributed by atoms with van der Waals surface area (Å²) in [5.74, 6) is 1.30. The molecule has 2 aliphatic rings. The number of fused-ring (bicyclic) bond motifs is 3. The molecule has 0 atom stereocenters. The number of amides is 1. The van der Waals surface area contributed by atoms with E-state index in [2.05, 4.69) is 11.9 Å². The zero-order valence-corrected chi connectivity index (χ0v) is 19.1. The number of hydrogen-bond acceptors (Lipinski definition) is 5. The summed E-state index contributed by atoms with van der Waals surface area (Å²) in [5.41, 5.74) is 5.30. The molecule has 0 spiro atoms. The van der Waals surface area contributed by atoms with E-state index in [1.54, 1.807) is 14.2 Å². The summed E-state index contributed by atoms with van der Waals surface area (Å²) in [7, 11) is 5.33. The van der Waals surface area contributed by atoms with E-state index in [0.29, 0.717) is 41.7 Å². The summed E-state index contributed by atoms with van der Waals surface area (Å²) in [4.78, 5) is 17.7. The lowest BCUT2D eigenvalue weighted by atomic mass is 10.1. The van der Waals surface area contributed by atoms with E-state index in [-0.39, 0.29) is 5.91 Å². The van der Waals surface area contributed by atoms with Gasteiger partial charge < -0.3 is 19.3 Å². The highest BCUT2D eigenvalue weighted by atomic mass is 35.5. The number of benzene rings is 2. The maximum atomic E-state index is 13.5. The van der Waals surface area contributed by atoms with E-state index in [1.807, 2.05) is 46.0 Å². The zero-order valence-electron chi connectivity index (χ0n) is 18.4. The Kier molecular flexibility index (Phi) is 5.31. The Morgan fingerprint density at radius 1 is 1.00 bits per heavy atom. The first-order chi connectivity index (χ1) is 15.5. The summed E-state index contributed by atoms with van der Waals surface area (Å²) >= 11 is 6.11. The first kappa shape index (κ1) is 20.8. The number of halogens is 1. The van der Waals surface area contributed by atoms with Gasteiger partial charge in [0.1, 0.15) is 0 Å². The minimum atomic E-state index is -0.0196. The molecule has 32 heavy (non-hydrogen) atoms. The maximum absolute atomic E-state index is 13.5. The second-order valence-electron chi connectivity index (χ2n) is 8.20. The molecule has 166 valence electrons. The Balaban J connectivity index is 1.65. The number of methoxy groups -OCH3 is 2. The second-order valence-corrected chi connectivity index (χ2v) is 8.64. The highest BCUT2D eigenvalue weighted by Gasteiger charge is 2.34. The number of aromatic nitrogens is 2. The summed E-state index contributed by atoms with van der Waals surface area (Å²) in [6.07, 6.45) is 0.618. The lowest BCUT2D eigenvalue weighted by Gasteiger charge is -2.32. The van der Waals surface area contributed by atoms with Gasteiger partial charge in [-0.3, -0.25) is 4.79 Å². The van der Waals surface area contributed by atoms with E-state index < -0.39 is 0 Å². The van der Waals surface area contributed by atoms with Crippen molar-refractivity contribution in [3.05, 3.63) is 58.2 Å². The van der Waals surface area contributed by atoms with Gasteiger partial charge in [0.2, 0.25) is 0 Å². The number of piperazine rings is 1. The fourth-order valence-electron chi connectivity index (χ4n) is 4.47. The topological polar surface area (TPSA) is 59.8 Å². The molecule has 1 aliphatic heterocycles. The molecule has 0 saturated carbocycles. The third-order valence-corrected chi connectivity index (χ3v) is 6.53. The number of likely N-dealkylation sites (N-methyl/N-ethyl adjacent to an activating group) is 1. The SMILES string of the molecule is COc1cc2c(cc1OC)-c1c(c(C(=O)N3CCN(C)CC3)nn1-c1ccc(Cl)cc1)C2. The fourth-order valence-corrected chi connectivity index (χ4v) is 4.60. The van der Waals surface area contributed by atoms with Crippen LogP contribution in [0.1, 0.15) is 21.6 Å². The Labute approximate surface area is 192 Å². The van der Waals surface area contributed by atoms with Crippen LogP contribution in [0.3, 0.4) is 0 Å². The quantitative estimate of drug-likeness (QED) is 0.474. The molecule has 0 N–H and O–H groups in total. The molecule has 5 rings (SSSR count). The van der Waals surface area contributed by atoms with E-state index >= 15 is 0 Å². The Morgan fingerprint density at radius 3 is 2.31 bits per heavy atom. The van der Waals surface area contributed by atoms with Crippen LogP contribution < -0.4 is 9.47 Å². The number of carbonyl (C=O) groups is 1. The summed E-state index contributed by atoms with van der Waals surface area (Å²) < 4.78 is 12.9. The van der Waals surface area contributed by atoms with Crippen LogP contribution in [0.15, 0.2) is 36.4 Å². The lowest BCUT2D eigenvalue weighted by molar-refractivity contribution is 0.0657. The van der Waals surface area contributed by atoms with Crippen molar-refractivity contribution < 1.29 is 14.3 Å². The molecule has 2 heterocycles. The molecule has 0 radical (unpaired) electrons. The van der Waals surface area contributed by atoms with Crippen LogP contribution >= 0.6 is 11.6 Å². The predicted octanol–water partition coefficient (Wildman–Crippen LogP) is 3.50. The molecule has 7 nitrogen and oxygen atoms in total. The average molecular weight is 453 g/mol. The predicted molar refractivity (Wildman–Crippen MR) is 123 cm³/mol. The summed E-state index contributed by atoms with van der Waals surface area (Å²) in [5, 5.41) is 5.47. The molecule has 1 saturated heterocycles. The molecular weight excluding hydrogens is 428 g/mol. The van der Waals surface area contributed by atoms with Crippen LogP contribution in [0.2, 0.25) is 5.02 Å². The molecule has 2 aromatic carbocycles. The Morgan fingerprint density at radius 2 is 1.66 bits per heavy atom. The van der Waals surface area contributed by atoms with Crippen molar-refractivity contribution in [2.45, 2.75) is 6.42 Å². The molecule has 0 bridgehead atoms. The maximum Gasteiger partial charge on any atom is 0.274 e. The minimum absolute atomic E-state index is 0.0196. The largest absolute Gasteiger partial charge is 0.493 e. The van der Waals surface area contributed by atoms with Crippen LogP contribution in [0.25, 0.3) is 16.9 Å². The van der Waals surface area contributed by atoms with E-state index in [0.717, 1.165) is 41.2 Å². The van der Waals surface area contributed by atoms with Crippen LogP contribution in [-0.4, -0.2) is 72.9 Å². The molecule has 1 fully saturated rings. The number of nitrogens with zero attached hydrogens (tertiary/aromatic N) is 4. The summed E-state index contributed by atoms with van der Waals surface area (Å²) in [6, 6.07) is 11.5. The first-order valence-corrected chi connectivity index (χ1v) is 11.0. The van der Waals surface area contributed by atoms with Crippen LogP contribution in [-0.2, 0) is 6.42 Å². The highest BCUT2D eigenvalue weighted by molar-refractivity contribution is 6.30. The third kappa shape index (κ3) is 3.42. The van der Waals surface area contributed by atoms with Gasteiger partial charge in [-0.2, -0.15) is 5.10 Å². The number of rotatable bonds is 4. The zero-order chi connectivity index (χ0) is 22.4. The molecule has 1 aliphatic carbocycles. The van der Waals surface area contributed by atoms with Crippen molar-refractivity contribution in [3.8, 4) is 28.4 Å². The Hall–Kier alpha value is -3.03. The van der Waals surface area contributed by atoms with Gasteiger partial charge >= 0.3 is 0 Å². The van der Waals surface area contributed by atoms with E-state index in [9.17, 15) is 4.79 Å². The monoisotopic (exact) mass is 452 g/mol. The van der Waals surface area contributed by atoms with Gasteiger partial charge in [-0.05, 0) is 49.0 Å². The van der Waals surface area contributed by atoms with Crippen molar-refractivity contribution >= 4 is 17.5 Å². The minimum Gasteiger partial charge on any atom is -0.493 e. The van der Waals surface area contributed by atoms with Gasteiger partial charge in [0.05, 0.1) is 25.6 Å².